The molecule has 0 amide bonds. The smallest absolute Gasteiger partial charge is 0.106 e. The molecule has 0 aromatic rings. The van der Waals surface area contributed by atoms with Crippen LogP contribution in [0.4, 0.5) is 0 Å². The maximum Gasteiger partial charge on any atom is 0.106 e. The molecule has 0 heterocycles. The molecule has 0 rings (SSSR count). The molecule has 1 atom stereocenters. The van der Waals surface area contributed by atoms with Crippen molar-refractivity contribution in [2.45, 2.75) is 25.8 Å². The van der Waals surface area contributed by atoms with Crippen LogP contribution in [0.2, 0.25) is 0 Å². The van der Waals surface area contributed by atoms with E-state index in [1.807, 2.05) is 6.92 Å². The van der Waals surface area contributed by atoms with Gasteiger partial charge in [0.25, 0.3) is 0 Å². The van der Waals surface area contributed by atoms with E-state index < -0.39 is 0 Å². The molecular formula is C7H15ClN2O. The minimum Gasteiger partial charge on any atom is -0.399 e. The molecule has 0 aliphatic carbocycles. The average molecular weight is 179 g/mol. The van der Waals surface area contributed by atoms with Crippen molar-refractivity contribution in [1.82, 2.24) is 0 Å². The molecule has 0 bridgehead atoms. The lowest BCUT2D eigenvalue weighted by Gasteiger charge is -2.04. The molecule has 0 aliphatic rings. The van der Waals surface area contributed by atoms with E-state index in [2.05, 4.69) is 9.99 Å². The number of alkyl halides is 1. The number of hydrogen-bond donors (Lipinski definition) is 1. The summed E-state index contributed by atoms with van der Waals surface area (Å²) in [6.45, 7) is 1.96. The predicted molar refractivity (Wildman–Crippen MR) is 48.0 cm³/mol. The van der Waals surface area contributed by atoms with Gasteiger partial charge in [0.15, 0.2) is 0 Å². The predicted octanol–water partition coefficient (Wildman–Crippen LogP) is 1.35. The molecule has 3 nitrogen and oxygen atoms in total. The van der Waals surface area contributed by atoms with Gasteiger partial charge in [0.05, 0.1) is 11.6 Å². The molecule has 11 heavy (non-hydrogen) atoms. The van der Waals surface area contributed by atoms with Crippen LogP contribution in [0.15, 0.2) is 5.16 Å². The van der Waals surface area contributed by atoms with Gasteiger partial charge in [0, 0.05) is 6.04 Å². The van der Waals surface area contributed by atoms with Crippen LogP contribution in [-0.4, -0.2) is 24.7 Å². The van der Waals surface area contributed by atoms with Crippen LogP contribution >= 0.6 is 11.6 Å². The Morgan fingerprint density at radius 1 is 1.73 bits per heavy atom. The first-order chi connectivity index (χ1) is 5.20. The third-order valence-electron chi connectivity index (χ3n) is 1.26. The Bertz CT molecular complexity index is 126. The molecule has 0 spiro atoms. The second-order valence-corrected chi connectivity index (χ2v) is 2.76. The quantitative estimate of drug-likeness (QED) is 0.393. The van der Waals surface area contributed by atoms with Crippen molar-refractivity contribution in [3.05, 3.63) is 0 Å². The van der Waals surface area contributed by atoms with Crippen molar-refractivity contribution in [2.75, 3.05) is 13.0 Å². The largest absolute Gasteiger partial charge is 0.399 e. The Balaban J connectivity index is 3.61. The van der Waals surface area contributed by atoms with E-state index in [9.17, 15) is 0 Å². The minimum atomic E-state index is 0.195. The van der Waals surface area contributed by atoms with Gasteiger partial charge in [-0.2, -0.15) is 0 Å². The van der Waals surface area contributed by atoms with E-state index in [-0.39, 0.29) is 6.04 Å². The van der Waals surface area contributed by atoms with Gasteiger partial charge in [-0.3, -0.25) is 0 Å². The monoisotopic (exact) mass is 178 g/mol. The summed E-state index contributed by atoms with van der Waals surface area (Å²) < 4.78 is 0. The molecule has 0 radical (unpaired) electrons. The van der Waals surface area contributed by atoms with Crippen LogP contribution in [0.25, 0.3) is 0 Å². The lowest BCUT2D eigenvalue weighted by molar-refractivity contribution is 0.212. The summed E-state index contributed by atoms with van der Waals surface area (Å²) in [5.41, 5.74) is 6.41. The highest BCUT2D eigenvalue weighted by Gasteiger charge is 2.00. The molecule has 0 aliphatic heterocycles. The standard InChI is InChI=1S/C7H15ClN2O/c1-6(9)3-4-7(5-8)10-11-2/h6H,3-5,9H2,1-2H3/b10-7-/t6-/m0/s1. The summed E-state index contributed by atoms with van der Waals surface area (Å²) in [6, 6.07) is 0.195. The topological polar surface area (TPSA) is 47.6 Å². The van der Waals surface area contributed by atoms with Crippen molar-refractivity contribution >= 4 is 17.3 Å². The summed E-state index contributed by atoms with van der Waals surface area (Å²) in [4.78, 5) is 4.59. The number of oxime groups is 1. The van der Waals surface area contributed by atoms with Gasteiger partial charge in [0.1, 0.15) is 7.11 Å². The maximum atomic E-state index is 5.58. The summed E-state index contributed by atoms with van der Waals surface area (Å²) in [5, 5.41) is 3.74. The lowest BCUT2D eigenvalue weighted by atomic mass is 10.1. The summed E-state index contributed by atoms with van der Waals surface area (Å²) >= 11 is 5.58. The fourth-order valence-electron chi connectivity index (χ4n) is 0.660. The summed E-state index contributed by atoms with van der Waals surface area (Å²) in [6.07, 6.45) is 1.71. The third kappa shape index (κ3) is 6.13. The molecule has 0 aromatic heterocycles. The lowest BCUT2D eigenvalue weighted by Crippen LogP contribution is -2.16. The Morgan fingerprint density at radius 2 is 2.36 bits per heavy atom. The molecule has 0 saturated carbocycles. The number of rotatable bonds is 5. The second-order valence-electron chi connectivity index (χ2n) is 2.49. The Labute approximate surface area is 72.5 Å². The van der Waals surface area contributed by atoms with Crippen LogP contribution in [0.5, 0.6) is 0 Å². The van der Waals surface area contributed by atoms with E-state index in [1.54, 1.807) is 0 Å². The van der Waals surface area contributed by atoms with E-state index >= 15 is 0 Å². The van der Waals surface area contributed by atoms with Gasteiger partial charge in [0.2, 0.25) is 0 Å². The molecule has 0 unspecified atom stereocenters. The number of nitrogens with zero attached hydrogens (tertiary/aromatic N) is 1. The number of hydrogen-bond acceptors (Lipinski definition) is 3. The highest BCUT2D eigenvalue weighted by atomic mass is 35.5. The van der Waals surface area contributed by atoms with E-state index in [1.165, 1.54) is 7.11 Å². The van der Waals surface area contributed by atoms with Crippen LogP contribution in [0.1, 0.15) is 19.8 Å². The van der Waals surface area contributed by atoms with Gasteiger partial charge in [-0.05, 0) is 19.8 Å². The van der Waals surface area contributed by atoms with Crippen LogP contribution in [0.3, 0.4) is 0 Å². The Kier molecular flexibility index (Phi) is 6.27. The first-order valence-corrected chi connectivity index (χ1v) is 4.14. The van der Waals surface area contributed by atoms with Gasteiger partial charge >= 0.3 is 0 Å². The first kappa shape index (κ1) is 10.7. The van der Waals surface area contributed by atoms with E-state index in [0.717, 1.165) is 18.6 Å². The highest BCUT2D eigenvalue weighted by Crippen LogP contribution is 1.98. The molecule has 2 N–H and O–H groups in total. The molecular weight excluding hydrogens is 164 g/mol. The van der Waals surface area contributed by atoms with Crippen molar-refractivity contribution in [2.24, 2.45) is 10.9 Å². The molecule has 0 saturated heterocycles. The zero-order valence-corrected chi connectivity index (χ0v) is 7.77. The normalized spacial score (nSPS) is 14.7. The Hall–Kier alpha value is -0.280. The van der Waals surface area contributed by atoms with E-state index in [0.29, 0.717) is 5.88 Å². The van der Waals surface area contributed by atoms with Crippen molar-refractivity contribution in [1.29, 1.82) is 0 Å². The highest BCUT2D eigenvalue weighted by molar-refractivity contribution is 6.28. The zero-order valence-electron chi connectivity index (χ0n) is 7.01. The van der Waals surface area contributed by atoms with Crippen LogP contribution < -0.4 is 5.73 Å². The Morgan fingerprint density at radius 3 is 2.73 bits per heavy atom. The van der Waals surface area contributed by atoms with Crippen molar-refractivity contribution < 1.29 is 4.84 Å². The average Bonchev–Trinajstić information content (AvgIpc) is 1.97. The minimum absolute atomic E-state index is 0.195. The third-order valence-corrected chi connectivity index (χ3v) is 1.57. The van der Waals surface area contributed by atoms with Gasteiger partial charge in [-0.15, -0.1) is 11.6 Å². The SMILES string of the molecule is CO/N=C(\CCl)CC[C@H](C)N. The molecule has 0 aromatic carbocycles. The van der Waals surface area contributed by atoms with Crippen molar-refractivity contribution in [3.63, 3.8) is 0 Å². The number of nitrogens with two attached hydrogens (primary N) is 1. The summed E-state index contributed by atoms with van der Waals surface area (Å²) in [5.74, 6) is 0.417. The zero-order chi connectivity index (χ0) is 8.69. The second kappa shape index (κ2) is 6.43. The van der Waals surface area contributed by atoms with Gasteiger partial charge in [-0.25, -0.2) is 0 Å². The van der Waals surface area contributed by atoms with Gasteiger partial charge in [-0.1, -0.05) is 5.16 Å². The fourth-order valence-corrected chi connectivity index (χ4v) is 0.843. The molecule has 0 fully saturated rings. The maximum absolute atomic E-state index is 5.58. The summed E-state index contributed by atoms with van der Waals surface area (Å²) in [7, 11) is 1.51. The van der Waals surface area contributed by atoms with Crippen LogP contribution in [0, 0.1) is 0 Å². The number of halogens is 1. The first-order valence-electron chi connectivity index (χ1n) is 3.61. The fraction of sp³-hybridized carbons (Fsp3) is 0.857. The molecule has 4 heteroatoms. The van der Waals surface area contributed by atoms with Crippen molar-refractivity contribution in [3.8, 4) is 0 Å². The van der Waals surface area contributed by atoms with Crippen LogP contribution in [-0.2, 0) is 4.84 Å². The van der Waals surface area contributed by atoms with E-state index in [4.69, 9.17) is 17.3 Å². The molecule has 66 valence electrons. The van der Waals surface area contributed by atoms with Gasteiger partial charge < -0.3 is 10.6 Å².